The molecule has 6 heteroatoms. The Morgan fingerprint density at radius 1 is 1.14 bits per heavy atom. The number of nitrogens with zero attached hydrogens (tertiary/aromatic N) is 2. The summed E-state index contributed by atoms with van der Waals surface area (Å²) < 4.78 is 13.3. The highest BCUT2D eigenvalue weighted by atomic mass is 19.1. The minimum absolute atomic E-state index is 0.00479. The summed E-state index contributed by atoms with van der Waals surface area (Å²) in [6.07, 6.45) is 2.46. The molecule has 0 saturated carbocycles. The number of halogens is 1. The lowest BCUT2D eigenvalue weighted by Gasteiger charge is -2.23. The van der Waals surface area contributed by atoms with Crippen molar-refractivity contribution in [2.24, 2.45) is 0 Å². The first-order chi connectivity index (χ1) is 13.5. The Balaban J connectivity index is 1.57. The second-order valence-corrected chi connectivity index (χ2v) is 6.96. The smallest absolute Gasteiger partial charge is 0.258 e. The number of benzene rings is 2. The maximum absolute atomic E-state index is 13.3. The molecule has 0 radical (unpaired) electrons. The van der Waals surface area contributed by atoms with Gasteiger partial charge in [0, 0.05) is 18.2 Å². The van der Waals surface area contributed by atoms with E-state index < -0.39 is 11.7 Å². The van der Waals surface area contributed by atoms with Crippen LogP contribution in [0.5, 0.6) is 0 Å². The Labute approximate surface area is 161 Å². The van der Waals surface area contributed by atoms with Gasteiger partial charge in [0.15, 0.2) is 5.78 Å². The number of aromatic nitrogens is 2. The van der Waals surface area contributed by atoms with Gasteiger partial charge in [-0.1, -0.05) is 35.9 Å². The molecular formula is C22H18FN3O2. The van der Waals surface area contributed by atoms with E-state index in [0.29, 0.717) is 24.1 Å². The Bertz CT molecular complexity index is 1060. The lowest BCUT2D eigenvalue weighted by atomic mass is 9.82. The van der Waals surface area contributed by atoms with Crippen molar-refractivity contribution in [1.82, 2.24) is 9.97 Å². The molecule has 4 rings (SSSR count). The lowest BCUT2D eigenvalue weighted by molar-refractivity contribution is 0.0962. The largest absolute Gasteiger partial charge is 0.294 e. The van der Waals surface area contributed by atoms with E-state index in [0.717, 1.165) is 17.2 Å². The third kappa shape index (κ3) is 3.67. The van der Waals surface area contributed by atoms with E-state index in [1.165, 1.54) is 24.4 Å². The van der Waals surface area contributed by atoms with E-state index in [1.807, 2.05) is 31.2 Å². The van der Waals surface area contributed by atoms with Gasteiger partial charge in [0.2, 0.25) is 5.95 Å². The number of fused-ring (bicyclic) bond motifs is 1. The zero-order valence-corrected chi connectivity index (χ0v) is 15.3. The minimum Gasteiger partial charge on any atom is -0.294 e. The van der Waals surface area contributed by atoms with Crippen molar-refractivity contribution in [3.8, 4) is 0 Å². The highest BCUT2D eigenvalue weighted by molar-refractivity contribution is 6.03. The Morgan fingerprint density at radius 2 is 1.93 bits per heavy atom. The average Bonchev–Trinajstić information content (AvgIpc) is 2.68. The van der Waals surface area contributed by atoms with Crippen molar-refractivity contribution in [3.05, 3.63) is 88.5 Å². The van der Waals surface area contributed by atoms with Crippen molar-refractivity contribution >= 4 is 17.6 Å². The number of Topliss-reactive ketones (excluding diaryl/α,β-unsaturated/α-hetero) is 1. The number of anilines is 1. The van der Waals surface area contributed by atoms with Gasteiger partial charge in [-0.3, -0.25) is 14.9 Å². The minimum atomic E-state index is -0.503. The maximum atomic E-state index is 13.3. The Hall–Kier alpha value is -3.41. The van der Waals surface area contributed by atoms with Gasteiger partial charge >= 0.3 is 0 Å². The van der Waals surface area contributed by atoms with Crippen LogP contribution in [-0.2, 0) is 6.42 Å². The van der Waals surface area contributed by atoms with Crippen molar-refractivity contribution in [2.75, 3.05) is 5.32 Å². The van der Waals surface area contributed by atoms with Crippen molar-refractivity contribution < 1.29 is 14.0 Å². The third-order valence-electron chi connectivity index (χ3n) is 4.90. The predicted molar refractivity (Wildman–Crippen MR) is 103 cm³/mol. The van der Waals surface area contributed by atoms with Crippen LogP contribution in [0.1, 0.15) is 49.9 Å². The van der Waals surface area contributed by atoms with Crippen LogP contribution in [0.15, 0.2) is 54.7 Å². The number of rotatable bonds is 3. The monoisotopic (exact) mass is 375 g/mol. The summed E-state index contributed by atoms with van der Waals surface area (Å²) in [6.45, 7) is 2.02. The molecule has 1 aromatic heterocycles. The fraction of sp³-hybridized carbons (Fsp3) is 0.182. The van der Waals surface area contributed by atoms with Crippen LogP contribution in [0.3, 0.4) is 0 Å². The first-order valence-electron chi connectivity index (χ1n) is 9.02. The summed E-state index contributed by atoms with van der Waals surface area (Å²) in [5.74, 6) is -0.857. The maximum Gasteiger partial charge on any atom is 0.258 e. The zero-order valence-electron chi connectivity index (χ0n) is 15.3. The molecule has 0 spiro atoms. The Morgan fingerprint density at radius 3 is 2.68 bits per heavy atom. The second kappa shape index (κ2) is 7.31. The number of aryl methyl sites for hydroxylation is 1. The molecular weight excluding hydrogens is 357 g/mol. The quantitative estimate of drug-likeness (QED) is 0.748. The van der Waals surface area contributed by atoms with Gasteiger partial charge < -0.3 is 0 Å². The summed E-state index contributed by atoms with van der Waals surface area (Å²) in [5, 5.41) is 2.57. The highest BCUT2D eigenvalue weighted by Gasteiger charge is 2.28. The number of carbonyl (C=O) groups excluding carboxylic acids is 2. The van der Waals surface area contributed by atoms with E-state index in [-0.39, 0.29) is 23.2 Å². The molecule has 2 aromatic carbocycles. The molecule has 140 valence electrons. The summed E-state index contributed by atoms with van der Waals surface area (Å²) in [4.78, 5) is 33.3. The molecule has 28 heavy (non-hydrogen) atoms. The first-order valence-corrected chi connectivity index (χ1v) is 9.02. The fourth-order valence-corrected chi connectivity index (χ4v) is 3.38. The topological polar surface area (TPSA) is 72.0 Å². The number of hydrogen-bond acceptors (Lipinski definition) is 4. The number of amides is 1. The van der Waals surface area contributed by atoms with E-state index >= 15 is 0 Å². The van der Waals surface area contributed by atoms with Gasteiger partial charge in [-0.05, 0) is 43.0 Å². The molecule has 1 aliphatic rings. The molecule has 1 aliphatic carbocycles. The summed E-state index contributed by atoms with van der Waals surface area (Å²) in [6, 6.07) is 13.5. The molecule has 0 aliphatic heterocycles. The van der Waals surface area contributed by atoms with Crippen LogP contribution in [0.2, 0.25) is 0 Å². The average molecular weight is 375 g/mol. The standard InChI is InChI=1S/C22H18FN3O2/c1-13-5-7-14(8-6-13)16-10-19-18(20(27)11-16)12-24-22(25-19)26-21(28)15-3-2-4-17(23)9-15/h2-9,12,16H,10-11H2,1H3,(H,24,25,26,28). The van der Waals surface area contributed by atoms with Gasteiger partial charge in [0.25, 0.3) is 5.91 Å². The zero-order chi connectivity index (χ0) is 19.7. The number of hydrogen-bond donors (Lipinski definition) is 1. The number of nitrogens with one attached hydrogen (secondary N) is 1. The molecule has 1 N–H and O–H groups in total. The Kier molecular flexibility index (Phi) is 4.69. The van der Waals surface area contributed by atoms with Crippen LogP contribution < -0.4 is 5.32 Å². The van der Waals surface area contributed by atoms with E-state index in [9.17, 15) is 14.0 Å². The van der Waals surface area contributed by atoms with Crippen molar-refractivity contribution in [1.29, 1.82) is 0 Å². The van der Waals surface area contributed by atoms with Crippen LogP contribution in [-0.4, -0.2) is 21.7 Å². The molecule has 1 unspecified atom stereocenters. The van der Waals surface area contributed by atoms with Crippen LogP contribution >= 0.6 is 0 Å². The van der Waals surface area contributed by atoms with Gasteiger partial charge in [0.05, 0.1) is 11.3 Å². The SMILES string of the molecule is Cc1ccc(C2CC(=O)c3cnc(NC(=O)c4cccc(F)c4)nc3C2)cc1. The van der Waals surface area contributed by atoms with Gasteiger partial charge in [0.1, 0.15) is 5.82 Å². The molecule has 0 fully saturated rings. The van der Waals surface area contributed by atoms with Gasteiger partial charge in [-0.15, -0.1) is 0 Å². The van der Waals surface area contributed by atoms with E-state index in [4.69, 9.17) is 0 Å². The van der Waals surface area contributed by atoms with E-state index in [1.54, 1.807) is 0 Å². The summed E-state index contributed by atoms with van der Waals surface area (Å²) in [7, 11) is 0. The molecule has 0 saturated heterocycles. The van der Waals surface area contributed by atoms with Gasteiger partial charge in [-0.25, -0.2) is 14.4 Å². The van der Waals surface area contributed by atoms with Gasteiger partial charge in [-0.2, -0.15) is 0 Å². The lowest BCUT2D eigenvalue weighted by Crippen LogP contribution is -2.22. The van der Waals surface area contributed by atoms with Crippen LogP contribution in [0.4, 0.5) is 10.3 Å². The van der Waals surface area contributed by atoms with Crippen LogP contribution in [0, 0.1) is 12.7 Å². The second-order valence-electron chi connectivity index (χ2n) is 6.96. The molecule has 0 bridgehead atoms. The highest BCUT2D eigenvalue weighted by Crippen LogP contribution is 2.32. The summed E-state index contributed by atoms with van der Waals surface area (Å²) >= 11 is 0. The van der Waals surface area contributed by atoms with E-state index in [2.05, 4.69) is 15.3 Å². The van der Waals surface area contributed by atoms with Crippen molar-refractivity contribution in [2.45, 2.75) is 25.7 Å². The van der Waals surface area contributed by atoms with Crippen molar-refractivity contribution in [3.63, 3.8) is 0 Å². The normalized spacial score (nSPS) is 15.8. The van der Waals surface area contributed by atoms with Crippen LogP contribution in [0.25, 0.3) is 0 Å². The predicted octanol–water partition coefficient (Wildman–Crippen LogP) is 4.09. The summed E-state index contributed by atoms with van der Waals surface area (Å²) in [5.41, 5.74) is 3.54. The number of carbonyl (C=O) groups is 2. The third-order valence-corrected chi connectivity index (χ3v) is 4.90. The molecule has 1 heterocycles. The molecule has 1 amide bonds. The molecule has 1 atom stereocenters. The fourth-order valence-electron chi connectivity index (χ4n) is 3.38. The molecule has 5 nitrogen and oxygen atoms in total. The molecule has 3 aromatic rings. The number of ketones is 1. The first kappa shape index (κ1) is 18.0.